The number of hydrogen-bond donors (Lipinski definition) is 0. The van der Waals surface area contributed by atoms with Gasteiger partial charge in [0.05, 0.1) is 33.4 Å². The molecule has 0 aliphatic carbocycles. The molecule has 4 aromatic heterocycles. The summed E-state index contributed by atoms with van der Waals surface area (Å²) in [5.74, 6) is 0. The monoisotopic (exact) mass is 1330 g/mol. The number of thiophene rings is 2. The minimum atomic E-state index is 1.05. The second-order valence-corrected chi connectivity index (χ2v) is 28.5. The largest absolute Gasteiger partial charge is 0.310 e. The molecular formula is C96H62N4S2. The van der Waals surface area contributed by atoms with E-state index >= 15 is 0 Å². The first-order chi connectivity index (χ1) is 50.6. The van der Waals surface area contributed by atoms with Gasteiger partial charge >= 0.3 is 0 Å². The Morgan fingerprint density at radius 3 is 1.20 bits per heavy atom. The molecule has 0 atom stereocenters. The van der Waals surface area contributed by atoms with Crippen molar-refractivity contribution in [1.82, 2.24) is 9.13 Å². The fraction of sp³-hybridized carbons (Fsp3) is 0. The first-order valence-electron chi connectivity index (χ1n) is 34.8. The van der Waals surface area contributed by atoms with Crippen LogP contribution in [0.1, 0.15) is 0 Å². The summed E-state index contributed by atoms with van der Waals surface area (Å²) in [6.45, 7) is 0. The Bertz CT molecular complexity index is 6590. The molecule has 20 aromatic rings. The molecular weight excluding hydrogens is 1270 g/mol. The van der Waals surface area contributed by atoms with Gasteiger partial charge in [-0.05, 0) is 178 Å². The third-order valence-corrected chi connectivity index (χ3v) is 22.7. The van der Waals surface area contributed by atoms with E-state index in [4.69, 9.17) is 0 Å². The topological polar surface area (TPSA) is 16.3 Å². The van der Waals surface area contributed by atoms with Crippen molar-refractivity contribution < 1.29 is 0 Å². The Labute approximate surface area is 598 Å². The summed E-state index contributed by atoms with van der Waals surface area (Å²) in [7, 11) is 0. The summed E-state index contributed by atoms with van der Waals surface area (Å²) in [5.41, 5.74) is 24.7. The van der Waals surface area contributed by atoms with Gasteiger partial charge in [0.2, 0.25) is 0 Å². The maximum atomic E-state index is 2.52. The fourth-order valence-electron chi connectivity index (χ4n) is 15.9. The van der Waals surface area contributed by atoms with Gasteiger partial charge in [-0.15, -0.1) is 22.7 Å². The molecule has 0 fully saturated rings. The smallest absolute Gasteiger partial charge is 0.0640 e. The first kappa shape index (κ1) is 59.2. The summed E-state index contributed by atoms with van der Waals surface area (Å²) >= 11 is 3.72. The van der Waals surface area contributed by atoms with Crippen LogP contribution in [0, 0.1) is 0 Å². The zero-order valence-corrected chi connectivity index (χ0v) is 57.0. The number of rotatable bonds is 13. The molecule has 6 heteroatoms. The van der Waals surface area contributed by atoms with Gasteiger partial charge in [0, 0.05) is 107 Å². The van der Waals surface area contributed by atoms with Gasteiger partial charge in [0.25, 0.3) is 0 Å². The number of fused-ring (bicyclic) bond motifs is 12. The van der Waals surface area contributed by atoms with Crippen molar-refractivity contribution in [3.05, 3.63) is 376 Å². The third kappa shape index (κ3) is 9.94. The van der Waals surface area contributed by atoms with Crippen LogP contribution in [0.15, 0.2) is 376 Å². The zero-order chi connectivity index (χ0) is 67.2. The molecule has 102 heavy (non-hydrogen) atoms. The van der Waals surface area contributed by atoms with Crippen molar-refractivity contribution in [3.8, 4) is 67.0 Å². The molecule has 0 unspecified atom stereocenters. The second kappa shape index (κ2) is 24.6. The highest BCUT2D eigenvalue weighted by Crippen LogP contribution is 2.52. The molecule has 0 amide bonds. The summed E-state index contributed by atoms with van der Waals surface area (Å²) in [6.07, 6.45) is 0. The van der Waals surface area contributed by atoms with Crippen LogP contribution in [0.5, 0.6) is 0 Å². The Morgan fingerprint density at radius 1 is 0.206 bits per heavy atom. The van der Waals surface area contributed by atoms with Gasteiger partial charge in [0.1, 0.15) is 0 Å². The molecule has 0 N–H and O–H groups in total. The van der Waals surface area contributed by atoms with Crippen LogP contribution in [-0.2, 0) is 0 Å². The molecule has 0 aliphatic heterocycles. The van der Waals surface area contributed by atoms with Crippen molar-refractivity contribution in [3.63, 3.8) is 0 Å². The normalized spacial score (nSPS) is 11.7. The van der Waals surface area contributed by atoms with Crippen molar-refractivity contribution in [2.45, 2.75) is 0 Å². The molecule has 0 saturated carbocycles. The minimum Gasteiger partial charge on any atom is -0.310 e. The number of hydrogen-bond acceptors (Lipinski definition) is 4. The number of nitrogens with zero attached hydrogens (tertiary/aromatic N) is 4. The summed E-state index contributed by atoms with van der Waals surface area (Å²) in [6, 6.07) is 139. The van der Waals surface area contributed by atoms with Crippen LogP contribution in [0.3, 0.4) is 0 Å². The minimum absolute atomic E-state index is 1.05. The lowest BCUT2D eigenvalue weighted by molar-refractivity contribution is 1.18. The Balaban J connectivity index is 0.779. The molecule has 0 aliphatic rings. The van der Waals surface area contributed by atoms with Gasteiger partial charge in [0.15, 0.2) is 0 Å². The van der Waals surface area contributed by atoms with Gasteiger partial charge in [-0.1, -0.05) is 243 Å². The van der Waals surface area contributed by atoms with Crippen LogP contribution >= 0.6 is 22.7 Å². The Kier molecular flexibility index (Phi) is 14.3. The van der Waals surface area contributed by atoms with E-state index in [9.17, 15) is 0 Å². The summed E-state index contributed by atoms with van der Waals surface area (Å²) in [5, 5.41) is 9.84. The highest BCUT2D eigenvalue weighted by molar-refractivity contribution is 7.26. The molecule has 4 heterocycles. The zero-order valence-electron chi connectivity index (χ0n) is 55.4. The van der Waals surface area contributed by atoms with Crippen molar-refractivity contribution in [2.75, 3.05) is 9.80 Å². The lowest BCUT2D eigenvalue weighted by Gasteiger charge is -2.28. The van der Waals surface area contributed by atoms with E-state index in [2.05, 4.69) is 395 Å². The van der Waals surface area contributed by atoms with Gasteiger partial charge in [-0.25, -0.2) is 0 Å². The van der Waals surface area contributed by atoms with E-state index in [0.29, 0.717) is 0 Å². The number of anilines is 6. The van der Waals surface area contributed by atoms with E-state index < -0.39 is 0 Å². The second-order valence-electron chi connectivity index (χ2n) is 26.3. The van der Waals surface area contributed by atoms with Crippen LogP contribution in [0.25, 0.3) is 151 Å². The SMILES string of the molecule is c1ccc(-c2cccc(N(c3cccc(-c4cccc(-c5ccc6c7c(N(c8ccccc8)c8ccccc8)ccc(-c8ccc9sc%10ccccc%10c9c8)c7n(-c7ccccc7)c6c5)c4)c3)c3ccc(-c4ccc5c(c4)sc4ccccc45)c4c3c3ccccc3n4-c3ccccc3)c2)cc1. The molecule has 478 valence electrons. The molecule has 4 nitrogen and oxygen atoms in total. The van der Waals surface area contributed by atoms with Gasteiger partial charge < -0.3 is 18.9 Å². The number of para-hydroxylation sites is 5. The highest BCUT2D eigenvalue weighted by Gasteiger charge is 2.28. The maximum Gasteiger partial charge on any atom is 0.0640 e. The third-order valence-electron chi connectivity index (χ3n) is 20.4. The molecule has 0 bridgehead atoms. The predicted octanol–water partition coefficient (Wildman–Crippen LogP) is 27.9. The average Bonchev–Trinajstić information content (AvgIpc) is 1.55. The summed E-state index contributed by atoms with van der Waals surface area (Å²) in [4.78, 5) is 4.93. The predicted molar refractivity (Wildman–Crippen MR) is 437 cm³/mol. The van der Waals surface area contributed by atoms with E-state index in [1.165, 1.54) is 84.1 Å². The highest BCUT2D eigenvalue weighted by atomic mass is 32.1. The molecule has 20 rings (SSSR count). The van der Waals surface area contributed by atoms with Crippen LogP contribution in [0.2, 0.25) is 0 Å². The van der Waals surface area contributed by atoms with E-state index in [1.54, 1.807) is 0 Å². The average molecular weight is 1340 g/mol. The molecule has 0 radical (unpaired) electrons. The molecule has 0 saturated heterocycles. The quantitative estimate of drug-likeness (QED) is 0.114. The van der Waals surface area contributed by atoms with Crippen molar-refractivity contribution >= 4 is 141 Å². The maximum absolute atomic E-state index is 2.52. The van der Waals surface area contributed by atoms with Crippen LogP contribution in [0.4, 0.5) is 34.1 Å². The molecule has 16 aromatic carbocycles. The first-order valence-corrected chi connectivity index (χ1v) is 36.4. The van der Waals surface area contributed by atoms with Gasteiger partial charge in [-0.2, -0.15) is 0 Å². The van der Waals surface area contributed by atoms with E-state index in [-0.39, 0.29) is 0 Å². The lowest BCUT2D eigenvalue weighted by Crippen LogP contribution is -2.11. The standard InChI is InChI=1S/C96H62N4S2/c1-6-25-63(26-7-1)66-29-23-39-75(58-66)98(87-55-53-78(70-48-50-81-79-41-17-20-45-89(79)102-92(81)62-70)95-93(87)82-43-16-19-44-85(82)99(95)73-35-12-4-13-36-73)76-40-24-30-67(59-76)64-27-22-28-65(57-64)68-47-51-83-88(61-68)100(74-37-14-5-15-38-74)96-77(69-49-56-91-84(60-69)80-42-18-21-46-90(80)101-91)52-54-86(94(83)96)97(71-31-8-2-9-32-71)72-33-10-3-11-34-72/h1-62H. The summed E-state index contributed by atoms with van der Waals surface area (Å²) < 4.78 is 10.2. The van der Waals surface area contributed by atoms with Crippen LogP contribution in [-0.4, -0.2) is 9.13 Å². The number of aromatic nitrogens is 2. The fourth-order valence-corrected chi connectivity index (χ4v) is 18.1. The van der Waals surface area contributed by atoms with Crippen LogP contribution < -0.4 is 9.80 Å². The van der Waals surface area contributed by atoms with E-state index in [1.807, 2.05) is 22.7 Å². The lowest BCUT2D eigenvalue weighted by atomic mass is 9.96. The number of benzene rings is 16. The van der Waals surface area contributed by atoms with Crippen molar-refractivity contribution in [1.29, 1.82) is 0 Å². The Hall–Kier alpha value is -12.8. The Morgan fingerprint density at radius 2 is 0.588 bits per heavy atom. The van der Waals surface area contributed by atoms with Gasteiger partial charge in [-0.3, -0.25) is 0 Å². The van der Waals surface area contributed by atoms with E-state index in [0.717, 1.165) is 101 Å². The molecule has 0 spiro atoms. The van der Waals surface area contributed by atoms with Crippen molar-refractivity contribution in [2.24, 2.45) is 0 Å².